The minimum Gasteiger partial charge on any atom is -0.497 e. The Bertz CT molecular complexity index is 1350. The number of ether oxygens (including phenoxy) is 2. The molecule has 4 rings (SSSR count). The van der Waals surface area contributed by atoms with Gasteiger partial charge in [-0.2, -0.15) is 13.2 Å². The first kappa shape index (κ1) is 29.0. The van der Waals surface area contributed by atoms with E-state index < -0.39 is 17.6 Å². The molecule has 0 radical (unpaired) electrons. The molecule has 2 atom stereocenters. The first-order valence-electron chi connectivity index (χ1n) is 11.9. The van der Waals surface area contributed by atoms with Gasteiger partial charge in [0.1, 0.15) is 17.3 Å². The van der Waals surface area contributed by atoms with Gasteiger partial charge >= 0.3 is 6.18 Å². The van der Waals surface area contributed by atoms with Gasteiger partial charge in [0.2, 0.25) is 0 Å². The number of rotatable bonds is 7. The maximum absolute atomic E-state index is 14.2. The van der Waals surface area contributed by atoms with Gasteiger partial charge in [0.05, 0.1) is 29.8 Å². The molecule has 0 N–H and O–H groups in total. The molecule has 1 heterocycles. The third-order valence-corrected chi connectivity index (χ3v) is 7.62. The number of amides is 1. The molecule has 0 saturated carbocycles. The van der Waals surface area contributed by atoms with Crippen LogP contribution in [0, 0.1) is 5.82 Å². The summed E-state index contributed by atoms with van der Waals surface area (Å²) in [5.74, 6) is -0.842. The number of hydrogen-bond acceptors (Lipinski definition) is 4. The lowest BCUT2D eigenvalue weighted by Gasteiger charge is -2.29. The number of hydrogen-bond donors (Lipinski definition) is 0. The Labute approximate surface area is 233 Å². The Morgan fingerprint density at radius 2 is 1.64 bits per heavy atom. The Morgan fingerprint density at radius 1 is 0.974 bits per heavy atom. The third kappa shape index (κ3) is 6.42. The summed E-state index contributed by atoms with van der Waals surface area (Å²) in [6.07, 6.45) is -4.78. The normalized spacial score (nSPS) is 17.5. The monoisotopic (exact) mass is 584 g/mol. The minimum absolute atomic E-state index is 0.159. The molecule has 3 aromatic rings. The summed E-state index contributed by atoms with van der Waals surface area (Å²) in [5.41, 5.74) is 0.290. The number of methoxy groups -OCH3 is 2. The minimum atomic E-state index is -4.78. The van der Waals surface area contributed by atoms with Crippen LogP contribution in [0.4, 0.5) is 17.6 Å². The molecule has 39 heavy (non-hydrogen) atoms. The van der Waals surface area contributed by atoms with Crippen LogP contribution in [0.15, 0.2) is 54.6 Å². The third-order valence-electron chi connectivity index (χ3n) is 6.88. The maximum atomic E-state index is 14.2. The fraction of sp³-hybridized carbons (Fsp3) is 0.321. The lowest BCUT2D eigenvalue weighted by molar-refractivity contribution is -0.140. The van der Waals surface area contributed by atoms with Gasteiger partial charge < -0.3 is 14.4 Å². The number of nitrogens with zero attached hydrogens (tertiary/aromatic N) is 2. The maximum Gasteiger partial charge on any atom is 0.419 e. The molecule has 3 aromatic carbocycles. The van der Waals surface area contributed by atoms with E-state index in [0.29, 0.717) is 45.8 Å². The summed E-state index contributed by atoms with van der Waals surface area (Å²) in [5, 5.41) is 0.752. The fourth-order valence-corrected chi connectivity index (χ4v) is 5.18. The van der Waals surface area contributed by atoms with Gasteiger partial charge in [-0.05, 0) is 54.6 Å². The molecule has 1 aliphatic rings. The van der Waals surface area contributed by atoms with E-state index in [1.807, 2.05) is 11.0 Å². The summed E-state index contributed by atoms with van der Waals surface area (Å²) in [6, 6.07) is 12.8. The van der Waals surface area contributed by atoms with Crippen molar-refractivity contribution in [3.05, 3.63) is 92.7 Å². The average Bonchev–Trinajstić information content (AvgIpc) is 3.34. The summed E-state index contributed by atoms with van der Waals surface area (Å²) >= 11 is 12.4. The van der Waals surface area contributed by atoms with Crippen molar-refractivity contribution in [2.24, 2.45) is 0 Å². The number of alkyl halides is 3. The number of likely N-dealkylation sites (tertiary alicyclic amines) is 1. The zero-order valence-corrected chi connectivity index (χ0v) is 22.9. The molecule has 0 spiro atoms. The van der Waals surface area contributed by atoms with Crippen molar-refractivity contribution in [3.8, 4) is 11.5 Å². The van der Waals surface area contributed by atoms with Crippen LogP contribution in [0.1, 0.15) is 33.0 Å². The Morgan fingerprint density at radius 3 is 2.21 bits per heavy atom. The van der Waals surface area contributed by atoms with Crippen molar-refractivity contribution in [1.82, 2.24) is 9.80 Å². The van der Waals surface area contributed by atoms with Gasteiger partial charge in [0.25, 0.3) is 5.91 Å². The molecule has 1 unspecified atom stereocenters. The molecular formula is C28H26Cl2F4N2O3. The van der Waals surface area contributed by atoms with Gasteiger partial charge in [-0.3, -0.25) is 9.69 Å². The first-order chi connectivity index (χ1) is 18.4. The van der Waals surface area contributed by atoms with E-state index in [1.54, 1.807) is 42.3 Å². The van der Waals surface area contributed by atoms with Crippen LogP contribution in [0.2, 0.25) is 10.0 Å². The second-order valence-corrected chi connectivity index (χ2v) is 10.2. The topological polar surface area (TPSA) is 42.0 Å². The molecule has 11 heteroatoms. The van der Waals surface area contributed by atoms with Crippen molar-refractivity contribution >= 4 is 29.1 Å². The van der Waals surface area contributed by atoms with Crippen LogP contribution >= 0.6 is 23.2 Å². The number of benzene rings is 3. The zero-order valence-electron chi connectivity index (χ0n) is 21.4. The molecule has 1 aliphatic heterocycles. The molecule has 1 fully saturated rings. The highest BCUT2D eigenvalue weighted by Crippen LogP contribution is 2.36. The summed E-state index contributed by atoms with van der Waals surface area (Å²) in [4.78, 5) is 17.2. The van der Waals surface area contributed by atoms with Crippen molar-refractivity contribution < 1.29 is 31.8 Å². The lowest BCUT2D eigenvalue weighted by Crippen LogP contribution is -2.38. The molecule has 0 aliphatic carbocycles. The van der Waals surface area contributed by atoms with Crippen LogP contribution in [0.3, 0.4) is 0 Å². The molecule has 208 valence electrons. The van der Waals surface area contributed by atoms with E-state index >= 15 is 0 Å². The molecule has 0 aromatic heterocycles. The summed E-state index contributed by atoms with van der Waals surface area (Å²) in [6.45, 7) is 0.808. The molecular weight excluding hydrogens is 559 g/mol. The standard InChI is InChI=1S/C28H26Cl2F4N2O3/c1-35(13-16-4-6-22(25(31)8-16)28(32,33)34)26-15-36(14-21(26)17-5-7-23(29)24(30)11-17)27(37)18-9-19(38-2)12-20(10-18)39-3/h4-12,21,26H,13-15H2,1-3H3/t21-,26?/m1/s1. The van der Waals surface area contributed by atoms with Crippen LogP contribution in [0.25, 0.3) is 0 Å². The fourth-order valence-electron chi connectivity index (χ4n) is 4.88. The van der Waals surface area contributed by atoms with Crippen molar-refractivity contribution in [1.29, 1.82) is 0 Å². The molecule has 1 saturated heterocycles. The predicted octanol–water partition coefficient (Wildman–Crippen LogP) is 6.91. The summed E-state index contributed by atoms with van der Waals surface area (Å²) < 4.78 is 63.9. The van der Waals surface area contributed by atoms with Crippen molar-refractivity contribution in [3.63, 3.8) is 0 Å². The highest BCUT2D eigenvalue weighted by molar-refractivity contribution is 6.42. The first-order valence-corrected chi connectivity index (χ1v) is 12.7. The van der Waals surface area contributed by atoms with E-state index in [2.05, 4.69) is 0 Å². The van der Waals surface area contributed by atoms with Gasteiger partial charge in [-0.1, -0.05) is 35.3 Å². The lowest BCUT2D eigenvalue weighted by atomic mass is 9.93. The highest BCUT2D eigenvalue weighted by Gasteiger charge is 2.39. The average molecular weight is 585 g/mol. The largest absolute Gasteiger partial charge is 0.497 e. The number of halogens is 6. The van der Waals surface area contributed by atoms with Gasteiger partial charge in [0, 0.05) is 43.2 Å². The van der Waals surface area contributed by atoms with Crippen LogP contribution < -0.4 is 9.47 Å². The molecule has 1 amide bonds. The Hall–Kier alpha value is -3.01. The highest BCUT2D eigenvalue weighted by atomic mass is 35.5. The Balaban J connectivity index is 1.64. The van der Waals surface area contributed by atoms with Crippen LogP contribution in [-0.2, 0) is 12.7 Å². The van der Waals surface area contributed by atoms with E-state index in [4.69, 9.17) is 32.7 Å². The van der Waals surface area contributed by atoms with E-state index in [9.17, 15) is 22.4 Å². The SMILES string of the molecule is COc1cc(OC)cc(C(=O)N2CC(N(C)Cc3ccc(C(F)(F)F)c(F)c3)[C@@H](c3ccc(Cl)c(Cl)c3)C2)c1. The van der Waals surface area contributed by atoms with Crippen LogP contribution in [0.5, 0.6) is 11.5 Å². The number of likely N-dealkylation sites (N-methyl/N-ethyl adjacent to an activating group) is 1. The summed E-state index contributed by atoms with van der Waals surface area (Å²) in [7, 11) is 4.77. The molecule has 0 bridgehead atoms. The zero-order chi connectivity index (χ0) is 28.5. The predicted molar refractivity (Wildman–Crippen MR) is 141 cm³/mol. The van der Waals surface area contributed by atoms with E-state index in [1.165, 1.54) is 20.3 Å². The Kier molecular flexibility index (Phi) is 8.63. The van der Waals surface area contributed by atoms with E-state index in [-0.39, 0.29) is 24.4 Å². The number of carbonyl (C=O) groups excluding carboxylic acids is 1. The van der Waals surface area contributed by atoms with Gasteiger partial charge in [0.15, 0.2) is 0 Å². The second kappa shape index (κ2) is 11.6. The van der Waals surface area contributed by atoms with Crippen LogP contribution in [-0.4, -0.2) is 56.1 Å². The van der Waals surface area contributed by atoms with Crippen molar-refractivity contribution in [2.45, 2.75) is 24.7 Å². The van der Waals surface area contributed by atoms with Gasteiger partial charge in [-0.15, -0.1) is 0 Å². The quantitative estimate of drug-likeness (QED) is 0.283. The number of carbonyl (C=O) groups is 1. The van der Waals surface area contributed by atoms with Gasteiger partial charge in [-0.25, -0.2) is 4.39 Å². The van der Waals surface area contributed by atoms with Crippen molar-refractivity contribution in [2.75, 3.05) is 34.4 Å². The second-order valence-electron chi connectivity index (χ2n) is 9.39. The smallest absolute Gasteiger partial charge is 0.419 e. The van der Waals surface area contributed by atoms with E-state index in [0.717, 1.165) is 17.7 Å². The molecule has 5 nitrogen and oxygen atoms in total.